The Kier molecular flexibility index (Phi) is 6.44. The van der Waals surface area contributed by atoms with E-state index in [-0.39, 0.29) is 24.4 Å². The van der Waals surface area contributed by atoms with Crippen molar-refractivity contribution in [3.8, 4) is 0 Å². The van der Waals surface area contributed by atoms with Crippen LogP contribution in [-0.4, -0.2) is 22.8 Å². The van der Waals surface area contributed by atoms with E-state index in [1.54, 1.807) is 11.7 Å². The van der Waals surface area contributed by atoms with E-state index >= 15 is 0 Å². The predicted octanol–water partition coefficient (Wildman–Crippen LogP) is 4.63. The summed E-state index contributed by atoms with van der Waals surface area (Å²) >= 11 is 0. The molecule has 0 spiro atoms. The van der Waals surface area contributed by atoms with Crippen LogP contribution in [-0.2, 0) is 29.0 Å². The Bertz CT molecular complexity index is 1140. The molecular formula is C25H27FN2O4. The molecule has 0 bridgehead atoms. The maximum Gasteiger partial charge on any atom is 0.407 e. The van der Waals surface area contributed by atoms with Gasteiger partial charge >= 0.3 is 12.1 Å². The van der Waals surface area contributed by atoms with Crippen molar-refractivity contribution in [3.63, 3.8) is 0 Å². The first kappa shape index (κ1) is 21.9. The molecule has 3 aromatic rings. The lowest BCUT2D eigenvalue weighted by Crippen LogP contribution is -2.39. The van der Waals surface area contributed by atoms with Gasteiger partial charge in [-0.2, -0.15) is 4.73 Å². The molecule has 0 aliphatic heterocycles. The molecule has 0 saturated heterocycles. The summed E-state index contributed by atoms with van der Waals surface area (Å²) in [4.78, 5) is 30.2. The molecule has 1 aromatic heterocycles. The van der Waals surface area contributed by atoms with Crippen molar-refractivity contribution < 1.29 is 23.6 Å². The number of alkyl carbamates (subject to hydrolysis) is 1. The van der Waals surface area contributed by atoms with Gasteiger partial charge in [0.15, 0.2) is 0 Å². The van der Waals surface area contributed by atoms with Gasteiger partial charge in [-0.3, -0.25) is 0 Å². The molecule has 7 heteroatoms. The van der Waals surface area contributed by atoms with Crippen molar-refractivity contribution in [2.75, 3.05) is 0 Å². The Morgan fingerprint density at radius 3 is 2.75 bits per heavy atom. The molecule has 1 heterocycles. The van der Waals surface area contributed by atoms with Gasteiger partial charge in [-0.1, -0.05) is 37.3 Å². The SMILES string of the molecule is CCCC(=O)On1c2c(c3cc(F)cc(C)c31)C[C@@H](NC(=O)OCc1ccccc1)CC2. The predicted molar refractivity (Wildman–Crippen MR) is 119 cm³/mol. The lowest BCUT2D eigenvalue weighted by atomic mass is 9.91. The Balaban J connectivity index is 1.54. The van der Waals surface area contributed by atoms with Crippen LogP contribution in [0.15, 0.2) is 42.5 Å². The van der Waals surface area contributed by atoms with Crippen molar-refractivity contribution in [2.45, 2.75) is 58.6 Å². The van der Waals surface area contributed by atoms with Crippen molar-refractivity contribution in [1.29, 1.82) is 0 Å². The summed E-state index contributed by atoms with van der Waals surface area (Å²) < 4.78 is 21.1. The van der Waals surface area contributed by atoms with Crippen LogP contribution in [0.3, 0.4) is 0 Å². The zero-order valence-corrected chi connectivity index (χ0v) is 18.3. The van der Waals surface area contributed by atoms with Gasteiger partial charge < -0.3 is 14.9 Å². The fourth-order valence-electron chi connectivity index (χ4n) is 4.29. The highest BCUT2D eigenvalue weighted by Crippen LogP contribution is 2.34. The number of carbonyl (C=O) groups excluding carboxylic acids is 2. The van der Waals surface area contributed by atoms with E-state index in [0.29, 0.717) is 48.6 Å². The van der Waals surface area contributed by atoms with Gasteiger partial charge in [0.1, 0.15) is 12.4 Å². The minimum Gasteiger partial charge on any atom is -0.445 e. The number of benzene rings is 2. The van der Waals surface area contributed by atoms with Gasteiger partial charge in [-0.05, 0) is 61.4 Å². The number of nitrogens with one attached hydrogen (secondary N) is 1. The van der Waals surface area contributed by atoms with Crippen molar-refractivity contribution in [3.05, 3.63) is 70.7 Å². The van der Waals surface area contributed by atoms with Crippen LogP contribution >= 0.6 is 0 Å². The summed E-state index contributed by atoms with van der Waals surface area (Å²) in [6.07, 6.45) is 2.28. The van der Waals surface area contributed by atoms with E-state index in [9.17, 15) is 14.0 Å². The third-order valence-corrected chi connectivity index (χ3v) is 5.75. The first-order valence-corrected chi connectivity index (χ1v) is 11.0. The second-order valence-corrected chi connectivity index (χ2v) is 8.20. The molecule has 1 N–H and O–H groups in total. The Hall–Kier alpha value is -3.35. The molecule has 1 aliphatic rings. The van der Waals surface area contributed by atoms with Gasteiger partial charge in [-0.15, -0.1) is 0 Å². The Morgan fingerprint density at radius 2 is 2.00 bits per heavy atom. The van der Waals surface area contributed by atoms with Gasteiger partial charge in [0.05, 0.1) is 11.2 Å². The number of fused-ring (bicyclic) bond motifs is 3. The van der Waals surface area contributed by atoms with Crippen LogP contribution < -0.4 is 10.2 Å². The zero-order valence-electron chi connectivity index (χ0n) is 18.3. The van der Waals surface area contributed by atoms with E-state index in [0.717, 1.165) is 16.8 Å². The van der Waals surface area contributed by atoms with Gasteiger partial charge in [0.25, 0.3) is 0 Å². The van der Waals surface area contributed by atoms with Crippen molar-refractivity contribution in [2.24, 2.45) is 0 Å². The van der Waals surface area contributed by atoms with E-state index < -0.39 is 6.09 Å². The molecule has 168 valence electrons. The summed E-state index contributed by atoms with van der Waals surface area (Å²) in [6.45, 7) is 3.91. The number of hydrogen-bond acceptors (Lipinski definition) is 4. The van der Waals surface area contributed by atoms with Crippen LogP contribution in [0, 0.1) is 12.7 Å². The highest BCUT2D eigenvalue weighted by Gasteiger charge is 2.29. The van der Waals surface area contributed by atoms with E-state index in [4.69, 9.17) is 9.57 Å². The number of halogens is 1. The molecule has 0 radical (unpaired) electrons. The highest BCUT2D eigenvalue weighted by molar-refractivity contribution is 5.89. The van der Waals surface area contributed by atoms with Gasteiger partial charge in [0.2, 0.25) is 0 Å². The minimum atomic E-state index is -0.484. The fourth-order valence-corrected chi connectivity index (χ4v) is 4.29. The number of ether oxygens (including phenoxy) is 1. The monoisotopic (exact) mass is 438 g/mol. The maximum absolute atomic E-state index is 14.2. The molecule has 2 aromatic carbocycles. The largest absolute Gasteiger partial charge is 0.445 e. The number of aromatic nitrogens is 1. The molecule has 0 fully saturated rings. The number of amides is 1. The topological polar surface area (TPSA) is 69.6 Å². The zero-order chi connectivity index (χ0) is 22.7. The molecule has 0 unspecified atom stereocenters. The van der Waals surface area contributed by atoms with E-state index in [1.807, 2.05) is 37.3 Å². The molecule has 4 rings (SSSR count). The van der Waals surface area contributed by atoms with Crippen LogP contribution in [0.1, 0.15) is 48.6 Å². The summed E-state index contributed by atoms with van der Waals surface area (Å²) in [6, 6.07) is 12.2. The highest BCUT2D eigenvalue weighted by atomic mass is 19.1. The lowest BCUT2D eigenvalue weighted by Gasteiger charge is -2.24. The van der Waals surface area contributed by atoms with E-state index in [1.165, 1.54) is 12.1 Å². The minimum absolute atomic E-state index is 0.153. The average Bonchev–Trinajstić information content (AvgIpc) is 3.06. The molecule has 1 aliphatic carbocycles. The van der Waals surface area contributed by atoms with Crippen molar-refractivity contribution in [1.82, 2.24) is 10.0 Å². The second-order valence-electron chi connectivity index (χ2n) is 8.20. The molecular weight excluding hydrogens is 411 g/mol. The smallest absolute Gasteiger partial charge is 0.407 e. The first-order valence-electron chi connectivity index (χ1n) is 11.0. The molecule has 0 saturated carbocycles. The van der Waals surface area contributed by atoms with Crippen LogP contribution in [0.25, 0.3) is 10.9 Å². The number of rotatable bonds is 6. The van der Waals surface area contributed by atoms with E-state index in [2.05, 4.69) is 5.32 Å². The molecule has 6 nitrogen and oxygen atoms in total. The summed E-state index contributed by atoms with van der Waals surface area (Å²) in [5.74, 6) is -0.659. The van der Waals surface area contributed by atoms with Gasteiger partial charge in [0, 0.05) is 17.8 Å². The quantitative estimate of drug-likeness (QED) is 0.609. The summed E-state index contributed by atoms with van der Waals surface area (Å²) in [5.41, 5.74) is 4.07. The lowest BCUT2D eigenvalue weighted by molar-refractivity contribution is -0.143. The maximum atomic E-state index is 14.2. The first-order chi connectivity index (χ1) is 15.5. The van der Waals surface area contributed by atoms with Crippen LogP contribution in [0.5, 0.6) is 0 Å². The number of aryl methyl sites for hydroxylation is 1. The number of nitrogens with zero attached hydrogens (tertiary/aromatic N) is 1. The van der Waals surface area contributed by atoms with Gasteiger partial charge in [-0.25, -0.2) is 14.0 Å². The Morgan fingerprint density at radius 1 is 1.22 bits per heavy atom. The molecule has 1 amide bonds. The number of hydrogen-bond donors (Lipinski definition) is 1. The molecule has 32 heavy (non-hydrogen) atoms. The third kappa shape index (κ3) is 4.61. The van der Waals surface area contributed by atoms with Crippen LogP contribution in [0.2, 0.25) is 0 Å². The Labute approximate surface area is 186 Å². The second kappa shape index (κ2) is 9.42. The summed E-state index contributed by atoms with van der Waals surface area (Å²) in [5, 5.41) is 3.64. The summed E-state index contributed by atoms with van der Waals surface area (Å²) in [7, 11) is 0. The standard InChI is InChI=1S/C25H27FN2O4/c1-3-7-23(29)32-28-22-11-10-19(27-25(30)31-15-17-8-5-4-6-9-17)14-20(22)21-13-18(26)12-16(2)24(21)28/h4-6,8-9,12-13,19H,3,7,10-11,14-15H2,1-2H3,(H,27,30)/t19-/m0/s1. The van der Waals surface area contributed by atoms with Crippen LogP contribution in [0.4, 0.5) is 9.18 Å². The normalized spacial score (nSPS) is 15.3. The molecule has 1 atom stereocenters. The third-order valence-electron chi connectivity index (χ3n) is 5.75. The number of carbonyl (C=O) groups is 2. The fraction of sp³-hybridized carbons (Fsp3) is 0.360. The average molecular weight is 438 g/mol. The van der Waals surface area contributed by atoms with Crippen molar-refractivity contribution >= 4 is 23.0 Å².